The molecule has 1 heterocycles. The minimum atomic E-state index is -0.370. The Hall–Kier alpha value is -1.97. The van der Waals surface area contributed by atoms with Crippen LogP contribution in [0.4, 0.5) is 0 Å². The second kappa shape index (κ2) is 7.73. The molecule has 0 radical (unpaired) electrons. The number of aliphatic hydroxyl groups is 1. The van der Waals surface area contributed by atoms with Gasteiger partial charge in [-0.3, -0.25) is 4.79 Å². The lowest BCUT2D eigenvalue weighted by molar-refractivity contribution is 0.0656. The van der Waals surface area contributed by atoms with Crippen molar-refractivity contribution in [3.8, 4) is 0 Å². The molecule has 0 aromatic heterocycles. The highest BCUT2D eigenvalue weighted by molar-refractivity contribution is 5.98. The van der Waals surface area contributed by atoms with E-state index in [2.05, 4.69) is 17.0 Å². The summed E-state index contributed by atoms with van der Waals surface area (Å²) in [5, 5.41) is 9.70. The van der Waals surface area contributed by atoms with E-state index in [0.29, 0.717) is 13.1 Å². The molecule has 126 valence electrons. The molecule has 3 heteroatoms. The van der Waals surface area contributed by atoms with E-state index in [1.807, 2.05) is 48.5 Å². The number of likely N-dealkylation sites (tertiary alicyclic amines) is 1. The van der Waals surface area contributed by atoms with Crippen LogP contribution in [0, 0.1) is 5.92 Å². The van der Waals surface area contributed by atoms with E-state index in [4.69, 9.17) is 0 Å². The van der Waals surface area contributed by atoms with Crippen molar-refractivity contribution < 1.29 is 9.90 Å². The molecule has 0 unspecified atom stereocenters. The summed E-state index contributed by atoms with van der Waals surface area (Å²) in [5.41, 5.74) is 2.02. The summed E-state index contributed by atoms with van der Waals surface area (Å²) in [6, 6.07) is 19.9. The van der Waals surface area contributed by atoms with Gasteiger partial charge in [0.25, 0.3) is 0 Å². The van der Waals surface area contributed by atoms with Crippen LogP contribution in [0.5, 0.6) is 0 Å². The molecular weight excluding hydrogens is 298 g/mol. The van der Waals surface area contributed by atoms with E-state index in [1.54, 1.807) is 6.92 Å². The molecule has 0 aliphatic carbocycles. The zero-order chi connectivity index (χ0) is 16.9. The predicted octanol–water partition coefficient (Wildman–Crippen LogP) is 3.36. The summed E-state index contributed by atoms with van der Waals surface area (Å²) in [6.07, 6.45) is 0.575. The van der Waals surface area contributed by atoms with Crippen molar-refractivity contribution >= 4 is 5.78 Å². The standard InChI is InChI=1S/C21H25NO2/c1-16(23)14-22-13-12-19(17-8-4-2-5-9-17)20(15-22)21(24)18-10-6-3-7-11-18/h2-11,16,19-20,23H,12-15H2,1H3/t16-,19+,20+/m0/s1. The summed E-state index contributed by atoms with van der Waals surface area (Å²) in [7, 11) is 0. The SMILES string of the molecule is C[C@H](O)CN1CC[C@H](c2ccccc2)[C@H](C(=O)c2ccccc2)C1. The monoisotopic (exact) mass is 323 g/mol. The van der Waals surface area contributed by atoms with Crippen LogP contribution in [-0.4, -0.2) is 41.5 Å². The Labute approximate surface area is 143 Å². The molecule has 0 amide bonds. The lowest BCUT2D eigenvalue weighted by Gasteiger charge is -2.38. The quantitative estimate of drug-likeness (QED) is 0.858. The molecule has 2 aromatic carbocycles. The van der Waals surface area contributed by atoms with Gasteiger partial charge in [-0.05, 0) is 31.4 Å². The minimum absolute atomic E-state index is 0.0673. The molecular formula is C21H25NO2. The van der Waals surface area contributed by atoms with Gasteiger partial charge in [-0.15, -0.1) is 0 Å². The van der Waals surface area contributed by atoms with E-state index in [9.17, 15) is 9.90 Å². The summed E-state index contributed by atoms with van der Waals surface area (Å²) < 4.78 is 0. The second-order valence-electron chi connectivity index (χ2n) is 6.75. The molecule has 0 saturated carbocycles. The van der Waals surface area contributed by atoms with Gasteiger partial charge in [-0.25, -0.2) is 0 Å². The average Bonchev–Trinajstić information content (AvgIpc) is 2.62. The maximum Gasteiger partial charge on any atom is 0.167 e. The number of β-amino-alcohol motifs (C(OH)–C–C–N with tert-alkyl or cyclic N) is 1. The molecule has 0 spiro atoms. The molecule has 24 heavy (non-hydrogen) atoms. The average molecular weight is 323 g/mol. The molecule has 1 aliphatic rings. The van der Waals surface area contributed by atoms with Gasteiger partial charge in [-0.1, -0.05) is 60.7 Å². The zero-order valence-corrected chi connectivity index (χ0v) is 14.1. The molecule has 0 bridgehead atoms. The molecule has 1 N–H and O–H groups in total. The van der Waals surface area contributed by atoms with E-state index in [1.165, 1.54) is 5.56 Å². The van der Waals surface area contributed by atoms with Crippen molar-refractivity contribution in [2.45, 2.75) is 25.4 Å². The summed E-state index contributed by atoms with van der Waals surface area (Å²) >= 11 is 0. The van der Waals surface area contributed by atoms with Gasteiger partial charge in [0.15, 0.2) is 5.78 Å². The number of hydrogen-bond donors (Lipinski definition) is 1. The lowest BCUT2D eigenvalue weighted by atomic mass is 9.76. The first-order chi connectivity index (χ1) is 11.6. The highest BCUT2D eigenvalue weighted by atomic mass is 16.3. The molecule has 3 nitrogen and oxygen atoms in total. The van der Waals surface area contributed by atoms with Gasteiger partial charge in [-0.2, -0.15) is 0 Å². The van der Waals surface area contributed by atoms with Crippen molar-refractivity contribution in [1.82, 2.24) is 4.90 Å². The van der Waals surface area contributed by atoms with Gasteiger partial charge in [0.2, 0.25) is 0 Å². The van der Waals surface area contributed by atoms with Crippen LogP contribution < -0.4 is 0 Å². The van der Waals surface area contributed by atoms with Crippen LogP contribution in [0.1, 0.15) is 35.2 Å². The Morgan fingerprint density at radius 3 is 2.38 bits per heavy atom. The Bertz CT molecular complexity index is 654. The first-order valence-electron chi connectivity index (χ1n) is 8.70. The molecule has 1 fully saturated rings. The third-order valence-electron chi connectivity index (χ3n) is 4.84. The van der Waals surface area contributed by atoms with Gasteiger partial charge in [0.05, 0.1) is 6.10 Å². The van der Waals surface area contributed by atoms with Crippen LogP contribution in [0.15, 0.2) is 60.7 Å². The number of aliphatic hydroxyl groups excluding tert-OH is 1. The van der Waals surface area contributed by atoms with Gasteiger partial charge in [0.1, 0.15) is 0 Å². The molecule has 3 rings (SSSR count). The van der Waals surface area contributed by atoms with E-state index in [0.717, 1.165) is 18.5 Å². The summed E-state index contributed by atoms with van der Waals surface area (Å²) in [5.74, 6) is 0.381. The number of carbonyl (C=O) groups is 1. The molecule has 1 saturated heterocycles. The predicted molar refractivity (Wildman–Crippen MR) is 96.2 cm³/mol. The summed E-state index contributed by atoms with van der Waals surface area (Å²) in [6.45, 7) is 4.05. The smallest absolute Gasteiger partial charge is 0.167 e. The third-order valence-corrected chi connectivity index (χ3v) is 4.84. The lowest BCUT2D eigenvalue weighted by Crippen LogP contribution is -2.45. The first-order valence-corrected chi connectivity index (χ1v) is 8.70. The number of Topliss-reactive ketones (excluding diaryl/α,β-unsaturated/α-hetero) is 1. The Balaban J connectivity index is 1.86. The number of benzene rings is 2. The van der Waals surface area contributed by atoms with Gasteiger partial charge < -0.3 is 10.0 Å². The molecule has 1 aliphatic heterocycles. The van der Waals surface area contributed by atoms with E-state index < -0.39 is 0 Å². The maximum atomic E-state index is 13.1. The van der Waals surface area contributed by atoms with Crippen molar-refractivity contribution in [2.24, 2.45) is 5.92 Å². The maximum absolute atomic E-state index is 13.1. The Morgan fingerprint density at radius 1 is 1.12 bits per heavy atom. The fourth-order valence-corrected chi connectivity index (χ4v) is 3.74. The highest BCUT2D eigenvalue weighted by Gasteiger charge is 2.35. The summed E-state index contributed by atoms with van der Waals surface area (Å²) in [4.78, 5) is 15.3. The largest absolute Gasteiger partial charge is 0.392 e. The zero-order valence-electron chi connectivity index (χ0n) is 14.1. The molecule has 2 aromatic rings. The van der Waals surface area contributed by atoms with Crippen LogP contribution in [0.25, 0.3) is 0 Å². The minimum Gasteiger partial charge on any atom is -0.392 e. The Morgan fingerprint density at radius 2 is 1.75 bits per heavy atom. The number of nitrogens with zero attached hydrogens (tertiary/aromatic N) is 1. The van der Waals surface area contributed by atoms with Crippen LogP contribution in [-0.2, 0) is 0 Å². The van der Waals surface area contributed by atoms with Crippen LogP contribution in [0.2, 0.25) is 0 Å². The number of carbonyl (C=O) groups excluding carboxylic acids is 1. The number of hydrogen-bond acceptors (Lipinski definition) is 3. The fraction of sp³-hybridized carbons (Fsp3) is 0.381. The van der Waals surface area contributed by atoms with Gasteiger partial charge >= 0.3 is 0 Å². The Kier molecular flexibility index (Phi) is 5.44. The van der Waals surface area contributed by atoms with Crippen molar-refractivity contribution in [1.29, 1.82) is 0 Å². The number of piperidine rings is 1. The van der Waals surface area contributed by atoms with Crippen molar-refractivity contribution in [3.05, 3.63) is 71.8 Å². The fourth-order valence-electron chi connectivity index (χ4n) is 3.74. The van der Waals surface area contributed by atoms with E-state index >= 15 is 0 Å². The van der Waals surface area contributed by atoms with Crippen molar-refractivity contribution in [3.63, 3.8) is 0 Å². The van der Waals surface area contributed by atoms with Gasteiger partial charge in [0, 0.05) is 24.6 Å². The highest BCUT2D eigenvalue weighted by Crippen LogP contribution is 2.35. The third kappa shape index (κ3) is 3.92. The van der Waals surface area contributed by atoms with Crippen LogP contribution in [0.3, 0.4) is 0 Å². The van der Waals surface area contributed by atoms with Crippen molar-refractivity contribution in [2.75, 3.05) is 19.6 Å². The molecule has 3 atom stereocenters. The van der Waals surface area contributed by atoms with Crippen LogP contribution >= 0.6 is 0 Å². The second-order valence-corrected chi connectivity index (χ2v) is 6.75. The normalized spacial score (nSPS) is 22.9. The number of rotatable bonds is 5. The van der Waals surface area contributed by atoms with E-state index in [-0.39, 0.29) is 23.7 Å². The topological polar surface area (TPSA) is 40.5 Å². The first kappa shape index (κ1) is 16.9. The number of ketones is 1.